The molecule has 26 heavy (non-hydrogen) atoms. The summed E-state index contributed by atoms with van der Waals surface area (Å²) in [5, 5.41) is 4.24. The van der Waals surface area contributed by atoms with Crippen LogP contribution in [0.2, 0.25) is 0 Å². The van der Waals surface area contributed by atoms with Crippen molar-refractivity contribution < 1.29 is 9.13 Å². The highest BCUT2D eigenvalue weighted by molar-refractivity contribution is 5.90. The molecular weight excluding hydrogens is 331 g/mol. The number of ether oxygens (including phenoxy) is 1. The number of fused-ring (bicyclic) bond motifs is 1. The Labute approximate surface area is 151 Å². The van der Waals surface area contributed by atoms with E-state index in [9.17, 15) is 4.39 Å². The minimum atomic E-state index is -0.297. The number of hydrogen-bond donors (Lipinski definition) is 1. The van der Waals surface area contributed by atoms with Crippen LogP contribution in [-0.4, -0.2) is 54.3 Å². The van der Waals surface area contributed by atoms with Gasteiger partial charge < -0.3 is 10.1 Å². The first-order chi connectivity index (χ1) is 12.8. The molecule has 134 valence electrons. The summed E-state index contributed by atoms with van der Waals surface area (Å²) in [7, 11) is 0. The smallest absolute Gasteiger partial charge is 0.162 e. The largest absolute Gasteiger partial charge is 0.379 e. The first-order valence-electron chi connectivity index (χ1n) is 8.86. The maximum Gasteiger partial charge on any atom is 0.162 e. The molecule has 0 spiro atoms. The molecule has 2 aromatic carbocycles. The van der Waals surface area contributed by atoms with Gasteiger partial charge in [0.2, 0.25) is 0 Å². The molecule has 2 heterocycles. The Morgan fingerprint density at radius 1 is 1.04 bits per heavy atom. The monoisotopic (exact) mass is 352 g/mol. The first-order valence-corrected chi connectivity index (χ1v) is 8.86. The van der Waals surface area contributed by atoms with Crippen LogP contribution in [0.3, 0.4) is 0 Å². The second-order valence-electron chi connectivity index (χ2n) is 6.30. The van der Waals surface area contributed by atoms with Crippen LogP contribution < -0.4 is 5.32 Å². The summed E-state index contributed by atoms with van der Waals surface area (Å²) in [4.78, 5) is 11.6. The van der Waals surface area contributed by atoms with Crippen LogP contribution in [0, 0.1) is 5.82 Å². The third kappa shape index (κ3) is 3.81. The SMILES string of the molecule is Fc1ccc2c(NCCN3CCOCC3)nc(-c3ccccc3)nc2c1. The van der Waals surface area contributed by atoms with Crippen LogP contribution in [0.1, 0.15) is 0 Å². The second-order valence-corrected chi connectivity index (χ2v) is 6.30. The number of nitrogens with zero attached hydrogens (tertiary/aromatic N) is 3. The number of rotatable bonds is 5. The zero-order valence-electron chi connectivity index (χ0n) is 14.5. The Kier molecular flexibility index (Phi) is 5.04. The van der Waals surface area contributed by atoms with Gasteiger partial charge in [0.05, 0.1) is 18.7 Å². The Morgan fingerprint density at radius 3 is 2.65 bits per heavy atom. The van der Waals surface area contributed by atoms with E-state index < -0.39 is 0 Å². The number of hydrogen-bond acceptors (Lipinski definition) is 5. The Balaban J connectivity index is 1.61. The fraction of sp³-hybridized carbons (Fsp3) is 0.300. The fourth-order valence-corrected chi connectivity index (χ4v) is 3.11. The van der Waals surface area contributed by atoms with Gasteiger partial charge in [-0.3, -0.25) is 4.90 Å². The van der Waals surface area contributed by atoms with Gasteiger partial charge in [-0.2, -0.15) is 0 Å². The molecule has 1 aliphatic heterocycles. The van der Waals surface area contributed by atoms with Crippen LogP contribution >= 0.6 is 0 Å². The van der Waals surface area contributed by atoms with E-state index in [4.69, 9.17) is 9.72 Å². The van der Waals surface area contributed by atoms with E-state index in [0.717, 1.165) is 56.2 Å². The number of benzene rings is 2. The third-order valence-corrected chi connectivity index (χ3v) is 4.52. The second kappa shape index (κ2) is 7.76. The van der Waals surface area contributed by atoms with E-state index in [1.54, 1.807) is 6.07 Å². The van der Waals surface area contributed by atoms with Gasteiger partial charge >= 0.3 is 0 Å². The molecule has 5 nitrogen and oxygen atoms in total. The van der Waals surface area contributed by atoms with E-state index in [2.05, 4.69) is 15.2 Å². The summed E-state index contributed by atoms with van der Waals surface area (Å²) in [6, 6.07) is 14.4. The highest BCUT2D eigenvalue weighted by Gasteiger charge is 2.12. The van der Waals surface area contributed by atoms with Crippen LogP contribution in [0.15, 0.2) is 48.5 Å². The van der Waals surface area contributed by atoms with Gasteiger partial charge in [-0.25, -0.2) is 14.4 Å². The Bertz CT molecular complexity index is 882. The molecule has 1 saturated heterocycles. The van der Waals surface area contributed by atoms with Gasteiger partial charge in [0, 0.05) is 43.2 Å². The third-order valence-electron chi connectivity index (χ3n) is 4.52. The summed E-state index contributed by atoms with van der Waals surface area (Å²) < 4.78 is 19.1. The van der Waals surface area contributed by atoms with Crippen molar-refractivity contribution in [3.05, 3.63) is 54.3 Å². The van der Waals surface area contributed by atoms with Gasteiger partial charge in [-0.05, 0) is 12.1 Å². The van der Waals surface area contributed by atoms with Gasteiger partial charge in [-0.15, -0.1) is 0 Å². The van der Waals surface area contributed by atoms with E-state index in [1.807, 2.05) is 30.3 Å². The fourth-order valence-electron chi connectivity index (χ4n) is 3.11. The predicted molar refractivity (Wildman–Crippen MR) is 101 cm³/mol. The van der Waals surface area contributed by atoms with Crippen LogP contribution in [-0.2, 0) is 4.74 Å². The quantitative estimate of drug-likeness (QED) is 0.764. The molecule has 0 unspecified atom stereocenters. The molecule has 1 N–H and O–H groups in total. The number of halogens is 1. The molecule has 4 rings (SSSR count). The number of nitrogens with one attached hydrogen (secondary N) is 1. The van der Waals surface area contributed by atoms with Crippen LogP contribution in [0.25, 0.3) is 22.3 Å². The summed E-state index contributed by atoms with van der Waals surface area (Å²) in [6.45, 7) is 5.15. The van der Waals surface area contributed by atoms with E-state index in [0.29, 0.717) is 11.3 Å². The number of anilines is 1. The molecule has 0 atom stereocenters. The van der Waals surface area contributed by atoms with Crippen molar-refractivity contribution in [2.75, 3.05) is 44.7 Å². The van der Waals surface area contributed by atoms with Crippen molar-refractivity contribution >= 4 is 16.7 Å². The molecule has 1 aromatic heterocycles. The number of morpholine rings is 1. The molecule has 1 fully saturated rings. The molecule has 1 aliphatic rings. The van der Waals surface area contributed by atoms with Crippen LogP contribution in [0.5, 0.6) is 0 Å². The van der Waals surface area contributed by atoms with Crippen molar-refractivity contribution in [1.29, 1.82) is 0 Å². The molecule has 0 saturated carbocycles. The van der Waals surface area contributed by atoms with Crippen molar-refractivity contribution in [2.24, 2.45) is 0 Å². The Morgan fingerprint density at radius 2 is 1.85 bits per heavy atom. The highest BCUT2D eigenvalue weighted by Crippen LogP contribution is 2.25. The molecule has 0 radical (unpaired) electrons. The van der Waals surface area contributed by atoms with Crippen molar-refractivity contribution in [3.63, 3.8) is 0 Å². The standard InChI is InChI=1S/C20H21FN4O/c21-16-6-7-17-18(14-16)23-19(15-4-2-1-3-5-15)24-20(17)22-8-9-25-10-12-26-13-11-25/h1-7,14H,8-13H2,(H,22,23,24). The lowest BCUT2D eigenvalue weighted by molar-refractivity contribution is 0.0398. The first kappa shape index (κ1) is 16.9. The summed E-state index contributed by atoms with van der Waals surface area (Å²) in [5.74, 6) is 1.04. The van der Waals surface area contributed by atoms with E-state index in [1.165, 1.54) is 12.1 Å². The maximum atomic E-state index is 13.7. The minimum Gasteiger partial charge on any atom is -0.379 e. The predicted octanol–water partition coefficient (Wildman–Crippen LogP) is 3.18. The molecular formula is C20H21FN4O. The Hall–Kier alpha value is -2.57. The van der Waals surface area contributed by atoms with Gasteiger partial charge in [0.1, 0.15) is 11.6 Å². The average molecular weight is 352 g/mol. The van der Waals surface area contributed by atoms with Crippen molar-refractivity contribution in [3.8, 4) is 11.4 Å². The summed E-state index contributed by atoms with van der Waals surface area (Å²) in [5.41, 5.74) is 1.52. The molecule has 0 amide bonds. The van der Waals surface area contributed by atoms with E-state index in [-0.39, 0.29) is 5.82 Å². The maximum absolute atomic E-state index is 13.7. The van der Waals surface area contributed by atoms with E-state index >= 15 is 0 Å². The zero-order valence-corrected chi connectivity index (χ0v) is 14.5. The summed E-state index contributed by atoms with van der Waals surface area (Å²) in [6.07, 6.45) is 0. The molecule has 6 heteroatoms. The average Bonchev–Trinajstić information content (AvgIpc) is 2.69. The lowest BCUT2D eigenvalue weighted by Gasteiger charge is -2.26. The van der Waals surface area contributed by atoms with Gasteiger partial charge in [-0.1, -0.05) is 30.3 Å². The normalized spacial score (nSPS) is 15.3. The topological polar surface area (TPSA) is 50.3 Å². The highest BCUT2D eigenvalue weighted by atomic mass is 19.1. The van der Waals surface area contributed by atoms with Gasteiger partial charge in [0.15, 0.2) is 5.82 Å². The lowest BCUT2D eigenvalue weighted by Crippen LogP contribution is -2.39. The van der Waals surface area contributed by atoms with Crippen LogP contribution in [0.4, 0.5) is 10.2 Å². The minimum absolute atomic E-state index is 0.297. The van der Waals surface area contributed by atoms with Crippen molar-refractivity contribution in [1.82, 2.24) is 14.9 Å². The lowest BCUT2D eigenvalue weighted by atomic mass is 10.2. The molecule has 3 aromatic rings. The zero-order chi connectivity index (χ0) is 17.8. The number of aromatic nitrogens is 2. The summed E-state index contributed by atoms with van der Waals surface area (Å²) >= 11 is 0. The molecule has 0 aliphatic carbocycles. The van der Waals surface area contributed by atoms with Crippen molar-refractivity contribution in [2.45, 2.75) is 0 Å². The molecule has 0 bridgehead atoms. The van der Waals surface area contributed by atoms with Gasteiger partial charge in [0.25, 0.3) is 0 Å².